The molecule has 6 heteroatoms. The van der Waals surface area contributed by atoms with E-state index in [4.69, 9.17) is 14.2 Å². The molecule has 1 aliphatic rings. The number of fused-ring (bicyclic) bond motifs is 1. The second kappa shape index (κ2) is 9.32. The standard InChI is InChI=1S/C22H29NO4S/c1-23(14-16-11-12-17(25-2)21(27-4)20(16)26-3)22(24)19-13-15-9-7-5-6-8-10-18(15)28-19/h11-13H,5-10,14H2,1-4H3. The molecule has 1 aliphatic carbocycles. The summed E-state index contributed by atoms with van der Waals surface area (Å²) in [4.78, 5) is 17.0. The van der Waals surface area contributed by atoms with Crippen LogP contribution in [0.15, 0.2) is 18.2 Å². The van der Waals surface area contributed by atoms with Gasteiger partial charge in [0.15, 0.2) is 11.5 Å². The summed E-state index contributed by atoms with van der Waals surface area (Å²) in [5.74, 6) is 1.80. The van der Waals surface area contributed by atoms with Crippen LogP contribution in [0, 0.1) is 0 Å². The van der Waals surface area contributed by atoms with Gasteiger partial charge in [-0.15, -0.1) is 11.3 Å². The molecule has 0 radical (unpaired) electrons. The van der Waals surface area contributed by atoms with Crippen LogP contribution in [0.4, 0.5) is 0 Å². The number of thiophene rings is 1. The Balaban J connectivity index is 1.80. The van der Waals surface area contributed by atoms with Gasteiger partial charge < -0.3 is 19.1 Å². The molecule has 0 atom stereocenters. The van der Waals surface area contributed by atoms with Crippen molar-refractivity contribution in [2.45, 2.75) is 45.1 Å². The summed E-state index contributed by atoms with van der Waals surface area (Å²) >= 11 is 1.66. The lowest BCUT2D eigenvalue weighted by atomic mass is 10.00. The van der Waals surface area contributed by atoms with Crippen LogP contribution in [0.5, 0.6) is 17.2 Å². The highest BCUT2D eigenvalue weighted by atomic mass is 32.1. The number of ether oxygens (including phenoxy) is 3. The molecule has 0 saturated heterocycles. The molecule has 3 rings (SSSR count). The number of hydrogen-bond donors (Lipinski definition) is 0. The summed E-state index contributed by atoms with van der Waals surface area (Å²) in [6.07, 6.45) is 7.21. The third kappa shape index (κ3) is 4.27. The SMILES string of the molecule is COc1ccc(CN(C)C(=O)c2cc3c(s2)CCCCCC3)c(OC)c1OC. The zero-order valence-corrected chi connectivity index (χ0v) is 18.0. The van der Waals surface area contributed by atoms with E-state index in [1.54, 1.807) is 37.6 Å². The average Bonchev–Trinajstić information content (AvgIpc) is 3.08. The monoisotopic (exact) mass is 403 g/mol. The fraction of sp³-hybridized carbons (Fsp3) is 0.500. The highest BCUT2D eigenvalue weighted by molar-refractivity contribution is 7.14. The molecule has 0 aliphatic heterocycles. The van der Waals surface area contributed by atoms with Gasteiger partial charge in [0, 0.05) is 24.0 Å². The van der Waals surface area contributed by atoms with Crippen molar-refractivity contribution in [3.63, 3.8) is 0 Å². The van der Waals surface area contributed by atoms with E-state index in [2.05, 4.69) is 6.07 Å². The summed E-state index contributed by atoms with van der Waals surface area (Å²) in [5, 5.41) is 0. The first kappa shape index (κ1) is 20.5. The minimum absolute atomic E-state index is 0.0496. The number of hydrogen-bond acceptors (Lipinski definition) is 5. The fourth-order valence-electron chi connectivity index (χ4n) is 3.75. The third-order valence-electron chi connectivity index (χ3n) is 5.25. The lowest BCUT2D eigenvalue weighted by Gasteiger charge is -2.20. The molecule has 0 bridgehead atoms. The molecule has 152 valence electrons. The molecule has 1 aromatic carbocycles. The van der Waals surface area contributed by atoms with Gasteiger partial charge in [0.1, 0.15) is 0 Å². The minimum Gasteiger partial charge on any atom is -0.493 e. The maximum absolute atomic E-state index is 13.1. The highest BCUT2D eigenvalue weighted by Gasteiger charge is 2.22. The first-order valence-corrected chi connectivity index (χ1v) is 10.6. The van der Waals surface area contributed by atoms with Crippen molar-refractivity contribution in [3.8, 4) is 17.2 Å². The Morgan fingerprint density at radius 1 is 1.00 bits per heavy atom. The number of amides is 1. The first-order chi connectivity index (χ1) is 13.6. The number of carbonyl (C=O) groups excluding carboxylic acids is 1. The lowest BCUT2D eigenvalue weighted by molar-refractivity contribution is 0.0788. The van der Waals surface area contributed by atoms with Gasteiger partial charge in [0.05, 0.1) is 26.2 Å². The predicted octanol–water partition coefficient (Wildman–Crippen LogP) is 4.71. The van der Waals surface area contributed by atoms with Crippen molar-refractivity contribution in [2.24, 2.45) is 0 Å². The number of benzene rings is 1. The van der Waals surface area contributed by atoms with Crippen molar-refractivity contribution in [1.82, 2.24) is 4.90 Å². The molecule has 1 amide bonds. The van der Waals surface area contributed by atoms with Crippen LogP contribution < -0.4 is 14.2 Å². The number of nitrogens with zero attached hydrogens (tertiary/aromatic N) is 1. The summed E-state index contributed by atoms with van der Waals surface area (Å²) in [5.41, 5.74) is 2.25. The van der Waals surface area contributed by atoms with E-state index in [9.17, 15) is 4.79 Å². The van der Waals surface area contributed by atoms with Crippen LogP contribution in [-0.4, -0.2) is 39.2 Å². The van der Waals surface area contributed by atoms with E-state index >= 15 is 0 Å². The number of methoxy groups -OCH3 is 3. The molecule has 1 aromatic heterocycles. The van der Waals surface area contributed by atoms with Crippen molar-refractivity contribution in [2.75, 3.05) is 28.4 Å². The van der Waals surface area contributed by atoms with Gasteiger partial charge >= 0.3 is 0 Å². The molecular formula is C22H29NO4S. The van der Waals surface area contributed by atoms with Crippen LogP contribution in [0.2, 0.25) is 0 Å². The highest BCUT2D eigenvalue weighted by Crippen LogP contribution is 2.40. The number of aryl methyl sites for hydroxylation is 2. The van der Waals surface area contributed by atoms with Gasteiger partial charge in [-0.2, -0.15) is 0 Å². The Morgan fingerprint density at radius 2 is 1.71 bits per heavy atom. The van der Waals surface area contributed by atoms with Crippen LogP contribution in [0.25, 0.3) is 0 Å². The van der Waals surface area contributed by atoms with Gasteiger partial charge in [-0.05, 0) is 49.4 Å². The summed E-state index contributed by atoms with van der Waals surface area (Å²) in [7, 11) is 6.60. The Bertz CT molecular complexity index is 805. The largest absolute Gasteiger partial charge is 0.493 e. The van der Waals surface area contributed by atoms with Crippen LogP contribution in [0.3, 0.4) is 0 Å². The summed E-state index contributed by atoms with van der Waals surface area (Å²) < 4.78 is 16.3. The van der Waals surface area contributed by atoms with Crippen molar-refractivity contribution < 1.29 is 19.0 Å². The Kier molecular flexibility index (Phi) is 6.83. The molecule has 0 N–H and O–H groups in total. The molecule has 2 aromatic rings. The molecule has 0 spiro atoms. The minimum atomic E-state index is 0.0496. The quantitative estimate of drug-likeness (QED) is 0.701. The second-order valence-corrected chi connectivity index (χ2v) is 8.26. The van der Waals surface area contributed by atoms with Crippen molar-refractivity contribution >= 4 is 17.2 Å². The number of rotatable bonds is 6. The first-order valence-electron chi connectivity index (χ1n) is 9.74. The van der Waals surface area contributed by atoms with Gasteiger partial charge in [-0.1, -0.05) is 12.8 Å². The van der Waals surface area contributed by atoms with E-state index in [1.807, 2.05) is 19.2 Å². The normalized spacial score (nSPS) is 13.9. The van der Waals surface area contributed by atoms with Gasteiger partial charge in [-0.3, -0.25) is 4.79 Å². The summed E-state index contributed by atoms with van der Waals surface area (Å²) in [6.45, 7) is 0.435. The molecule has 5 nitrogen and oxygen atoms in total. The average molecular weight is 404 g/mol. The topological polar surface area (TPSA) is 48.0 Å². The van der Waals surface area contributed by atoms with Crippen LogP contribution >= 0.6 is 11.3 Å². The van der Waals surface area contributed by atoms with Gasteiger partial charge in [-0.25, -0.2) is 0 Å². The maximum atomic E-state index is 13.1. The molecule has 0 unspecified atom stereocenters. The van der Waals surface area contributed by atoms with E-state index in [1.165, 1.54) is 36.1 Å². The predicted molar refractivity (Wildman–Crippen MR) is 112 cm³/mol. The molecular weight excluding hydrogens is 374 g/mol. The van der Waals surface area contributed by atoms with Crippen molar-refractivity contribution in [1.29, 1.82) is 0 Å². The Morgan fingerprint density at radius 3 is 2.39 bits per heavy atom. The summed E-state index contributed by atoms with van der Waals surface area (Å²) in [6, 6.07) is 5.86. The second-order valence-electron chi connectivity index (χ2n) is 7.13. The van der Waals surface area contributed by atoms with Crippen molar-refractivity contribution in [3.05, 3.63) is 39.1 Å². The Hall–Kier alpha value is -2.21. The van der Waals surface area contributed by atoms with Crippen LogP contribution in [0.1, 0.15) is 51.4 Å². The van der Waals surface area contributed by atoms with Gasteiger partial charge in [0.25, 0.3) is 5.91 Å². The zero-order valence-electron chi connectivity index (χ0n) is 17.2. The smallest absolute Gasteiger partial charge is 0.263 e. The molecule has 0 fully saturated rings. The molecule has 1 heterocycles. The lowest BCUT2D eigenvalue weighted by Crippen LogP contribution is -2.25. The number of carbonyl (C=O) groups is 1. The zero-order chi connectivity index (χ0) is 20.1. The van der Waals surface area contributed by atoms with E-state index in [0.29, 0.717) is 23.8 Å². The van der Waals surface area contributed by atoms with E-state index in [0.717, 1.165) is 23.3 Å². The Labute approximate surface area is 171 Å². The van der Waals surface area contributed by atoms with Gasteiger partial charge in [0.2, 0.25) is 5.75 Å². The molecule has 0 saturated carbocycles. The van der Waals surface area contributed by atoms with E-state index in [-0.39, 0.29) is 5.91 Å². The third-order valence-corrected chi connectivity index (χ3v) is 6.47. The fourth-order valence-corrected chi connectivity index (χ4v) is 5.00. The van der Waals surface area contributed by atoms with Crippen LogP contribution in [-0.2, 0) is 19.4 Å². The molecule has 28 heavy (non-hydrogen) atoms. The van der Waals surface area contributed by atoms with E-state index < -0.39 is 0 Å². The maximum Gasteiger partial charge on any atom is 0.263 e.